The van der Waals surface area contributed by atoms with Gasteiger partial charge < -0.3 is 10.4 Å². The van der Waals surface area contributed by atoms with Crippen LogP contribution in [0.15, 0.2) is 12.2 Å². The third kappa shape index (κ3) is 3.43. The minimum atomic E-state index is -0.924. The number of hydrogen-bond donors (Lipinski definition) is 2. The topological polar surface area (TPSA) is 69.6 Å². The van der Waals surface area contributed by atoms with E-state index in [1.165, 1.54) is 16.7 Å². The number of carbonyl (C=O) groups excluding carboxylic acids is 1. The average Bonchev–Trinajstić information content (AvgIpc) is 2.79. The number of aliphatic carboxylic acids is 1. The summed E-state index contributed by atoms with van der Waals surface area (Å²) in [7, 11) is 0. The highest BCUT2D eigenvalue weighted by Crippen LogP contribution is 2.28. The number of nitrogens with one attached hydrogen (secondary N) is 1. The van der Waals surface area contributed by atoms with Crippen LogP contribution in [-0.4, -0.2) is 45.7 Å². The van der Waals surface area contributed by atoms with E-state index in [2.05, 4.69) is 17.5 Å². The molecule has 2 rings (SSSR count). The van der Waals surface area contributed by atoms with Crippen molar-refractivity contribution in [2.45, 2.75) is 37.6 Å². The maximum absolute atomic E-state index is 12.1. The predicted molar refractivity (Wildman–Crippen MR) is 75.1 cm³/mol. The Morgan fingerprint density at radius 3 is 2.89 bits per heavy atom. The lowest BCUT2D eigenvalue weighted by molar-refractivity contribution is -0.141. The van der Waals surface area contributed by atoms with Crippen molar-refractivity contribution in [3.63, 3.8) is 0 Å². The molecule has 0 saturated carbocycles. The fourth-order valence-corrected chi connectivity index (χ4v) is 3.67. The Bertz CT molecular complexity index is 386. The highest BCUT2D eigenvalue weighted by Gasteiger charge is 2.39. The van der Waals surface area contributed by atoms with E-state index in [9.17, 15) is 9.59 Å². The molecule has 5 nitrogen and oxygen atoms in total. The van der Waals surface area contributed by atoms with Crippen molar-refractivity contribution < 1.29 is 14.7 Å². The summed E-state index contributed by atoms with van der Waals surface area (Å²) in [6.07, 6.45) is 7.46. The summed E-state index contributed by atoms with van der Waals surface area (Å²) in [5.74, 6) is 0.0196. The Morgan fingerprint density at radius 1 is 1.47 bits per heavy atom. The number of amides is 2. The zero-order valence-corrected chi connectivity index (χ0v) is 11.9. The summed E-state index contributed by atoms with van der Waals surface area (Å²) in [5.41, 5.74) is 0. The van der Waals surface area contributed by atoms with Gasteiger partial charge >= 0.3 is 12.0 Å². The van der Waals surface area contributed by atoms with E-state index in [0.29, 0.717) is 18.2 Å². The van der Waals surface area contributed by atoms with Crippen LogP contribution in [0.2, 0.25) is 0 Å². The Morgan fingerprint density at radius 2 is 2.26 bits per heavy atom. The summed E-state index contributed by atoms with van der Waals surface area (Å²) in [6, 6.07) is -0.953. The summed E-state index contributed by atoms with van der Waals surface area (Å²) in [6.45, 7) is 2.50. The largest absolute Gasteiger partial charge is 0.480 e. The Hall–Kier alpha value is -1.17. The molecule has 3 unspecified atom stereocenters. The normalized spacial score (nSPS) is 30.4. The monoisotopic (exact) mass is 284 g/mol. The highest BCUT2D eigenvalue weighted by atomic mass is 32.2. The van der Waals surface area contributed by atoms with E-state index in [-0.39, 0.29) is 11.4 Å². The molecule has 0 aromatic heterocycles. The predicted octanol–water partition coefficient (Wildman–Crippen LogP) is 1.90. The first kappa shape index (κ1) is 14.2. The van der Waals surface area contributed by atoms with Crippen LogP contribution in [0.25, 0.3) is 0 Å². The molecule has 19 heavy (non-hydrogen) atoms. The first-order valence-electron chi connectivity index (χ1n) is 6.65. The van der Waals surface area contributed by atoms with E-state index in [1.807, 2.05) is 6.92 Å². The summed E-state index contributed by atoms with van der Waals surface area (Å²) in [4.78, 5) is 24.7. The van der Waals surface area contributed by atoms with Crippen LogP contribution in [0.5, 0.6) is 0 Å². The lowest BCUT2D eigenvalue weighted by Crippen LogP contribution is -2.50. The van der Waals surface area contributed by atoms with E-state index in [1.54, 1.807) is 0 Å². The molecule has 2 amide bonds. The quantitative estimate of drug-likeness (QED) is 0.777. The second-order valence-corrected chi connectivity index (χ2v) is 6.38. The van der Waals surface area contributed by atoms with Crippen LogP contribution in [0.3, 0.4) is 0 Å². The van der Waals surface area contributed by atoms with E-state index < -0.39 is 12.0 Å². The van der Waals surface area contributed by atoms with Gasteiger partial charge in [0.15, 0.2) is 0 Å². The van der Waals surface area contributed by atoms with Crippen molar-refractivity contribution in [1.29, 1.82) is 0 Å². The molecule has 1 aliphatic carbocycles. The number of carboxylic acid groups (broad SMARTS) is 1. The molecule has 1 fully saturated rings. The molecule has 0 aromatic rings. The van der Waals surface area contributed by atoms with Gasteiger partial charge in [-0.1, -0.05) is 12.2 Å². The maximum atomic E-state index is 12.1. The van der Waals surface area contributed by atoms with Gasteiger partial charge in [0.05, 0.1) is 5.37 Å². The van der Waals surface area contributed by atoms with Gasteiger partial charge in [0, 0.05) is 12.3 Å². The number of hydrogen-bond acceptors (Lipinski definition) is 3. The van der Waals surface area contributed by atoms with Gasteiger partial charge in [0.2, 0.25) is 0 Å². The van der Waals surface area contributed by atoms with Crippen molar-refractivity contribution in [3.8, 4) is 0 Å². The molecule has 0 spiro atoms. The number of nitrogens with zero attached hydrogens (tertiary/aromatic N) is 1. The van der Waals surface area contributed by atoms with E-state index >= 15 is 0 Å². The van der Waals surface area contributed by atoms with Gasteiger partial charge in [-0.25, -0.2) is 9.59 Å². The molecular formula is C13H20N2O3S. The van der Waals surface area contributed by atoms with Crippen LogP contribution >= 0.6 is 11.8 Å². The molecular weight excluding hydrogens is 264 g/mol. The SMILES string of the molecule is CC1SCC(C(=O)O)N1C(=O)NCC1CC=CCC1. The third-order valence-corrected chi connectivity index (χ3v) is 4.88. The zero-order chi connectivity index (χ0) is 13.8. The van der Waals surface area contributed by atoms with Crippen molar-refractivity contribution in [2.75, 3.05) is 12.3 Å². The summed E-state index contributed by atoms with van der Waals surface area (Å²) < 4.78 is 0. The second kappa shape index (κ2) is 6.32. The molecule has 1 saturated heterocycles. The van der Waals surface area contributed by atoms with Crippen molar-refractivity contribution in [3.05, 3.63) is 12.2 Å². The van der Waals surface area contributed by atoms with Crippen molar-refractivity contribution in [2.24, 2.45) is 5.92 Å². The molecule has 0 bridgehead atoms. The maximum Gasteiger partial charge on any atom is 0.327 e. The Balaban J connectivity index is 1.87. The second-order valence-electron chi connectivity index (χ2n) is 5.03. The molecule has 3 atom stereocenters. The molecule has 2 N–H and O–H groups in total. The van der Waals surface area contributed by atoms with Crippen LogP contribution in [0, 0.1) is 5.92 Å². The van der Waals surface area contributed by atoms with Gasteiger partial charge in [-0.3, -0.25) is 4.90 Å². The van der Waals surface area contributed by atoms with Crippen molar-refractivity contribution in [1.82, 2.24) is 10.2 Å². The summed E-state index contributed by atoms with van der Waals surface area (Å²) in [5, 5.41) is 11.9. The molecule has 6 heteroatoms. The van der Waals surface area contributed by atoms with Crippen LogP contribution < -0.4 is 5.32 Å². The van der Waals surface area contributed by atoms with Gasteiger partial charge in [-0.05, 0) is 32.1 Å². The van der Waals surface area contributed by atoms with E-state index in [0.717, 1.165) is 19.3 Å². The number of rotatable bonds is 3. The van der Waals surface area contributed by atoms with Gasteiger partial charge in [0.25, 0.3) is 0 Å². The minimum Gasteiger partial charge on any atom is -0.480 e. The molecule has 1 aliphatic heterocycles. The third-order valence-electron chi connectivity index (χ3n) is 3.66. The number of urea groups is 1. The average molecular weight is 284 g/mol. The molecule has 0 aromatic carbocycles. The smallest absolute Gasteiger partial charge is 0.327 e. The lowest BCUT2D eigenvalue weighted by Gasteiger charge is -2.27. The zero-order valence-electron chi connectivity index (χ0n) is 11.0. The number of allylic oxidation sites excluding steroid dienone is 2. The number of thioether (sulfide) groups is 1. The van der Waals surface area contributed by atoms with Gasteiger partial charge in [-0.15, -0.1) is 11.8 Å². The Labute approximate surface area is 117 Å². The van der Waals surface area contributed by atoms with Gasteiger partial charge in [-0.2, -0.15) is 0 Å². The van der Waals surface area contributed by atoms with Crippen molar-refractivity contribution >= 4 is 23.8 Å². The van der Waals surface area contributed by atoms with E-state index in [4.69, 9.17) is 5.11 Å². The van der Waals surface area contributed by atoms with Crippen LogP contribution in [0.1, 0.15) is 26.2 Å². The summed E-state index contributed by atoms with van der Waals surface area (Å²) >= 11 is 1.50. The molecule has 106 valence electrons. The number of carboxylic acids is 1. The van der Waals surface area contributed by atoms with Gasteiger partial charge in [0.1, 0.15) is 6.04 Å². The van der Waals surface area contributed by atoms with Crippen LogP contribution in [0.4, 0.5) is 4.79 Å². The lowest BCUT2D eigenvalue weighted by atomic mass is 9.94. The first-order chi connectivity index (χ1) is 9.09. The molecule has 1 heterocycles. The highest BCUT2D eigenvalue weighted by molar-refractivity contribution is 8.00. The first-order valence-corrected chi connectivity index (χ1v) is 7.70. The standard InChI is InChI=1S/C13H20N2O3S/c1-9-15(11(8-19-9)12(16)17)13(18)14-7-10-5-3-2-4-6-10/h2-3,9-11H,4-8H2,1H3,(H,14,18)(H,16,17). The minimum absolute atomic E-state index is 0.0765. The van der Waals surface area contributed by atoms with Crippen LogP contribution in [-0.2, 0) is 4.79 Å². The number of carbonyl (C=O) groups is 2. The molecule has 0 radical (unpaired) electrons. The fourth-order valence-electron chi connectivity index (χ4n) is 2.51. The fraction of sp³-hybridized carbons (Fsp3) is 0.692. The molecule has 2 aliphatic rings. The Kier molecular flexibility index (Phi) is 4.74.